The van der Waals surface area contributed by atoms with E-state index in [2.05, 4.69) is 12.2 Å². The first-order chi connectivity index (χ1) is 8.61. The maximum atomic E-state index is 12.8. The van der Waals surface area contributed by atoms with Crippen LogP contribution in [-0.2, 0) is 0 Å². The summed E-state index contributed by atoms with van der Waals surface area (Å²) < 4.78 is 38.5. The van der Waals surface area contributed by atoms with E-state index in [1.807, 2.05) is 19.0 Å². The van der Waals surface area contributed by atoms with Gasteiger partial charge in [-0.05, 0) is 20.5 Å². The standard InChI is InChI=1S/C11H20F3N3OS/c1-16(2)4-7-3-8(18)5-17(7)6-9(10(15)19)11(12,13)14/h7-9,18H,3-6H2,1-2H3,(H2,15,19). The van der Waals surface area contributed by atoms with Crippen molar-refractivity contribution in [2.75, 3.05) is 33.7 Å². The number of β-amino-alcohol motifs (C(OH)–C–C–N with tert-alkyl or cyclic N) is 1. The molecule has 19 heavy (non-hydrogen) atoms. The lowest BCUT2D eigenvalue weighted by Crippen LogP contribution is -2.47. The molecule has 3 atom stereocenters. The number of thiocarbonyl (C=S) groups is 1. The lowest BCUT2D eigenvalue weighted by Gasteiger charge is -2.30. The summed E-state index contributed by atoms with van der Waals surface area (Å²) in [6.07, 6.45) is -4.56. The minimum Gasteiger partial charge on any atom is -0.393 e. The van der Waals surface area contributed by atoms with Gasteiger partial charge in [-0.1, -0.05) is 12.2 Å². The van der Waals surface area contributed by atoms with Crippen LogP contribution < -0.4 is 5.73 Å². The van der Waals surface area contributed by atoms with Gasteiger partial charge in [-0.2, -0.15) is 13.2 Å². The summed E-state index contributed by atoms with van der Waals surface area (Å²) in [5, 5.41) is 9.63. The van der Waals surface area contributed by atoms with Crippen LogP contribution in [0.3, 0.4) is 0 Å². The van der Waals surface area contributed by atoms with Crippen LogP contribution in [0.5, 0.6) is 0 Å². The van der Waals surface area contributed by atoms with Crippen LogP contribution in [0.1, 0.15) is 6.42 Å². The number of nitrogens with two attached hydrogens (primary N) is 1. The summed E-state index contributed by atoms with van der Waals surface area (Å²) in [5.41, 5.74) is 5.19. The van der Waals surface area contributed by atoms with Crippen molar-refractivity contribution in [1.82, 2.24) is 9.80 Å². The number of hydrogen-bond donors (Lipinski definition) is 2. The lowest BCUT2D eigenvalue weighted by atomic mass is 10.1. The molecule has 0 radical (unpaired) electrons. The van der Waals surface area contributed by atoms with Crippen molar-refractivity contribution in [3.05, 3.63) is 0 Å². The number of likely N-dealkylation sites (N-methyl/N-ethyl adjacent to an activating group) is 1. The van der Waals surface area contributed by atoms with Crippen molar-refractivity contribution in [2.24, 2.45) is 11.7 Å². The van der Waals surface area contributed by atoms with Gasteiger partial charge in [0.2, 0.25) is 0 Å². The Bertz CT molecular complexity index is 325. The molecule has 0 amide bonds. The molecule has 0 aliphatic carbocycles. The highest BCUT2D eigenvalue weighted by Crippen LogP contribution is 2.30. The SMILES string of the molecule is CN(C)CC1CC(O)CN1CC(C(N)=S)C(F)(F)F. The van der Waals surface area contributed by atoms with Crippen LogP contribution in [0.2, 0.25) is 0 Å². The number of alkyl halides is 3. The molecule has 0 saturated carbocycles. The highest BCUT2D eigenvalue weighted by Gasteiger charge is 2.45. The zero-order chi connectivity index (χ0) is 14.8. The number of aliphatic hydroxyl groups excluding tert-OH is 1. The Morgan fingerprint density at radius 3 is 2.53 bits per heavy atom. The van der Waals surface area contributed by atoms with E-state index in [1.165, 1.54) is 0 Å². The molecule has 8 heteroatoms. The van der Waals surface area contributed by atoms with Crippen LogP contribution in [-0.4, -0.2) is 71.9 Å². The van der Waals surface area contributed by atoms with Crippen LogP contribution >= 0.6 is 12.2 Å². The van der Waals surface area contributed by atoms with Gasteiger partial charge < -0.3 is 15.7 Å². The van der Waals surface area contributed by atoms with Gasteiger partial charge >= 0.3 is 6.18 Å². The van der Waals surface area contributed by atoms with Crippen molar-refractivity contribution in [1.29, 1.82) is 0 Å². The zero-order valence-electron chi connectivity index (χ0n) is 11.0. The molecule has 3 unspecified atom stereocenters. The molecule has 1 rings (SSSR count). The van der Waals surface area contributed by atoms with E-state index < -0.39 is 23.2 Å². The van der Waals surface area contributed by atoms with Gasteiger partial charge in [0.25, 0.3) is 0 Å². The third-order valence-electron chi connectivity index (χ3n) is 3.24. The summed E-state index contributed by atoms with van der Waals surface area (Å²) in [6, 6.07) is -0.107. The second kappa shape index (κ2) is 6.34. The lowest BCUT2D eigenvalue weighted by molar-refractivity contribution is -0.159. The number of aliphatic hydroxyl groups is 1. The molecule has 3 N–H and O–H groups in total. The number of nitrogens with zero attached hydrogens (tertiary/aromatic N) is 2. The Balaban J connectivity index is 2.74. The van der Waals surface area contributed by atoms with Gasteiger partial charge in [0.05, 0.1) is 11.1 Å². The molecule has 1 aliphatic rings. The van der Waals surface area contributed by atoms with Crippen molar-refractivity contribution in [3.63, 3.8) is 0 Å². The van der Waals surface area contributed by atoms with Crippen molar-refractivity contribution >= 4 is 17.2 Å². The number of hydrogen-bond acceptors (Lipinski definition) is 4. The fourth-order valence-electron chi connectivity index (χ4n) is 2.38. The number of halogens is 3. The topological polar surface area (TPSA) is 52.7 Å². The molecule has 0 spiro atoms. The van der Waals surface area contributed by atoms with Gasteiger partial charge in [-0.3, -0.25) is 4.90 Å². The van der Waals surface area contributed by atoms with E-state index in [4.69, 9.17) is 5.73 Å². The molecule has 0 aromatic carbocycles. The molecular weight excluding hydrogens is 279 g/mol. The first-order valence-electron chi connectivity index (χ1n) is 6.04. The predicted octanol–water partition coefficient (Wildman–Crippen LogP) is 0.448. The van der Waals surface area contributed by atoms with Crippen LogP contribution in [0.4, 0.5) is 13.2 Å². The Hall–Kier alpha value is -0.440. The van der Waals surface area contributed by atoms with Gasteiger partial charge in [0, 0.05) is 25.7 Å². The van der Waals surface area contributed by atoms with E-state index in [9.17, 15) is 18.3 Å². The smallest absolute Gasteiger partial charge is 0.393 e. The molecule has 0 aromatic heterocycles. The average molecular weight is 299 g/mol. The van der Waals surface area contributed by atoms with Crippen LogP contribution in [0, 0.1) is 5.92 Å². The second-order valence-corrected chi connectivity index (χ2v) is 5.73. The van der Waals surface area contributed by atoms with E-state index in [1.54, 1.807) is 4.90 Å². The minimum atomic E-state index is -4.44. The largest absolute Gasteiger partial charge is 0.399 e. The maximum Gasteiger partial charge on any atom is 0.399 e. The van der Waals surface area contributed by atoms with Crippen molar-refractivity contribution in [3.8, 4) is 0 Å². The van der Waals surface area contributed by atoms with Crippen LogP contribution in [0.25, 0.3) is 0 Å². The molecule has 1 fully saturated rings. The number of likely N-dealkylation sites (tertiary alicyclic amines) is 1. The Morgan fingerprint density at radius 2 is 2.11 bits per heavy atom. The zero-order valence-corrected chi connectivity index (χ0v) is 11.8. The summed E-state index contributed by atoms with van der Waals surface area (Å²) in [5.74, 6) is -1.82. The van der Waals surface area contributed by atoms with Crippen LogP contribution in [0.15, 0.2) is 0 Å². The molecule has 0 bridgehead atoms. The molecule has 1 aliphatic heterocycles. The normalized spacial score (nSPS) is 26.9. The highest BCUT2D eigenvalue weighted by atomic mass is 32.1. The predicted molar refractivity (Wildman–Crippen MR) is 70.9 cm³/mol. The third-order valence-corrected chi connectivity index (χ3v) is 3.52. The van der Waals surface area contributed by atoms with E-state index in [0.717, 1.165) is 0 Å². The third kappa shape index (κ3) is 4.87. The summed E-state index contributed by atoms with van der Waals surface area (Å²) in [4.78, 5) is 2.97. The molecule has 0 aromatic rings. The van der Waals surface area contributed by atoms with Crippen molar-refractivity contribution < 1.29 is 18.3 Å². The highest BCUT2D eigenvalue weighted by molar-refractivity contribution is 7.80. The number of rotatable bonds is 5. The first kappa shape index (κ1) is 16.6. The average Bonchev–Trinajstić information content (AvgIpc) is 2.51. The summed E-state index contributed by atoms with van der Waals surface area (Å²) >= 11 is 4.51. The Labute approximate surface area is 116 Å². The minimum absolute atomic E-state index is 0.107. The van der Waals surface area contributed by atoms with E-state index in [-0.39, 0.29) is 19.1 Å². The monoisotopic (exact) mass is 299 g/mol. The molecular formula is C11H20F3N3OS. The van der Waals surface area contributed by atoms with Gasteiger partial charge in [-0.15, -0.1) is 0 Å². The fraction of sp³-hybridized carbons (Fsp3) is 0.909. The molecule has 1 heterocycles. The van der Waals surface area contributed by atoms with E-state index in [0.29, 0.717) is 13.0 Å². The Morgan fingerprint density at radius 1 is 1.53 bits per heavy atom. The summed E-state index contributed by atoms with van der Waals surface area (Å²) in [7, 11) is 3.69. The van der Waals surface area contributed by atoms with Gasteiger partial charge in [0.15, 0.2) is 0 Å². The fourth-order valence-corrected chi connectivity index (χ4v) is 2.59. The van der Waals surface area contributed by atoms with Crippen molar-refractivity contribution in [2.45, 2.75) is 24.7 Å². The first-order valence-corrected chi connectivity index (χ1v) is 6.45. The second-order valence-electron chi connectivity index (χ2n) is 5.26. The maximum absolute atomic E-state index is 12.8. The Kier molecular flexibility index (Phi) is 5.54. The molecule has 112 valence electrons. The van der Waals surface area contributed by atoms with Gasteiger partial charge in [0.1, 0.15) is 5.92 Å². The molecule has 4 nitrogen and oxygen atoms in total. The quantitative estimate of drug-likeness (QED) is 0.722. The molecule has 1 saturated heterocycles. The van der Waals surface area contributed by atoms with E-state index >= 15 is 0 Å². The summed E-state index contributed by atoms with van der Waals surface area (Å²) in [6.45, 7) is 0.543. The van der Waals surface area contributed by atoms with Gasteiger partial charge in [-0.25, -0.2) is 0 Å².